The van der Waals surface area contributed by atoms with Crippen molar-refractivity contribution < 1.29 is 0 Å². The fourth-order valence-electron chi connectivity index (χ4n) is 2.17. The van der Waals surface area contributed by atoms with Gasteiger partial charge in [0.25, 0.3) is 0 Å². The Bertz CT molecular complexity index is 303. The Morgan fingerprint density at radius 1 is 1.25 bits per heavy atom. The minimum absolute atomic E-state index is 0.701. The third-order valence-electron chi connectivity index (χ3n) is 3.06. The molecule has 3 nitrogen and oxygen atoms in total. The van der Waals surface area contributed by atoms with Gasteiger partial charge < -0.3 is 5.73 Å². The van der Waals surface area contributed by atoms with E-state index in [0.29, 0.717) is 6.54 Å². The molecule has 1 aliphatic heterocycles. The van der Waals surface area contributed by atoms with Crippen molar-refractivity contribution in [1.82, 2.24) is 9.88 Å². The highest BCUT2D eigenvalue weighted by molar-refractivity contribution is 7.09. The smallest absolute Gasteiger partial charge is 0.107 e. The van der Waals surface area contributed by atoms with Gasteiger partial charge in [-0.3, -0.25) is 4.90 Å². The van der Waals surface area contributed by atoms with Gasteiger partial charge in [0, 0.05) is 11.8 Å². The van der Waals surface area contributed by atoms with E-state index in [0.717, 1.165) is 18.7 Å². The molecule has 0 unspecified atom stereocenters. The third kappa shape index (κ3) is 3.54. The summed E-state index contributed by atoms with van der Waals surface area (Å²) in [6, 6.07) is 0. The van der Waals surface area contributed by atoms with Crippen molar-refractivity contribution >= 4 is 11.3 Å². The first-order valence-corrected chi connectivity index (χ1v) is 7.12. The highest BCUT2D eigenvalue weighted by atomic mass is 32.1. The number of rotatable bonds is 4. The molecule has 0 amide bonds. The van der Waals surface area contributed by atoms with Gasteiger partial charge in [-0.25, -0.2) is 4.98 Å². The zero-order valence-electron chi connectivity index (χ0n) is 9.82. The molecule has 1 fully saturated rings. The van der Waals surface area contributed by atoms with E-state index in [-0.39, 0.29) is 0 Å². The third-order valence-corrected chi connectivity index (χ3v) is 3.94. The van der Waals surface area contributed by atoms with Crippen molar-refractivity contribution in [3.63, 3.8) is 0 Å². The molecule has 1 saturated heterocycles. The molecule has 1 aromatic heterocycles. The normalized spacial score (nSPS) is 18.6. The topological polar surface area (TPSA) is 42.1 Å². The maximum Gasteiger partial charge on any atom is 0.107 e. The lowest BCUT2D eigenvalue weighted by molar-refractivity contribution is 0.276. The monoisotopic (exact) mass is 239 g/mol. The van der Waals surface area contributed by atoms with Crippen molar-refractivity contribution in [3.05, 3.63) is 16.1 Å². The summed E-state index contributed by atoms with van der Waals surface area (Å²) in [6.07, 6.45) is 6.40. The summed E-state index contributed by atoms with van der Waals surface area (Å²) in [5, 5.41) is 3.41. The van der Waals surface area contributed by atoms with Gasteiger partial charge >= 0.3 is 0 Å². The summed E-state index contributed by atoms with van der Waals surface area (Å²) in [6.45, 7) is 4.22. The van der Waals surface area contributed by atoms with Crippen LogP contribution in [0.25, 0.3) is 0 Å². The Balaban J connectivity index is 1.86. The van der Waals surface area contributed by atoms with Crippen LogP contribution < -0.4 is 5.73 Å². The fraction of sp³-hybridized carbons (Fsp3) is 0.750. The van der Waals surface area contributed by atoms with Crippen LogP contribution in [0.4, 0.5) is 0 Å². The average molecular weight is 239 g/mol. The van der Waals surface area contributed by atoms with E-state index in [1.165, 1.54) is 43.8 Å². The molecule has 0 bridgehead atoms. The lowest BCUT2D eigenvalue weighted by Gasteiger charge is -2.17. The van der Waals surface area contributed by atoms with Gasteiger partial charge in [0.05, 0.1) is 12.2 Å². The lowest BCUT2D eigenvalue weighted by Crippen LogP contribution is -2.23. The Morgan fingerprint density at radius 3 is 2.69 bits per heavy atom. The van der Waals surface area contributed by atoms with Gasteiger partial charge in [-0.05, 0) is 32.5 Å². The number of nitrogens with two attached hydrogens (primary N) is 1. The number of nitrogens with zero attached hydrogens (tertiary/aromatic N) is 2. The molecule has 0 aliphatic carbocycles. The van der Waals surface area contributed by atoms with Crippen molar-refractivity contribution in [2.45, 2.75) is 38.6 Å². The van der Waals surface area contributed by atoms with Crippen molar-refractivity contribution in [2.75, 3.05) is 19.6 Å². The molecule has 16 heavy (non-hydrogen) atoms. The average Bonchev–Trinajstić information content (AvgIpc) is 2.56. The van der Waals surface area contributed by atoms with Crippen LogP contribution in [0, 0.1) is 0 Å². The van der Waals surface area contributed by atoms with Crippen LogP contribution in [0.15, 0.2) is 5.38 Å². The van der Waals surface area contributed by atoms with E-state index in [9.17, 15) is 0 Å². The number of hydrogen-bond acceptors (Lipinski definition) is 4. The van der Waals surface area contributed by atoms with Crippen molar-refractivity contribution in [3.8, 4) is 0 Å². The van der Waals surface area contributed by atoms with Crippen LogP contribution in [0.3, 0.4) is 0 Å². The summed E-state index contributed by atoms with van der Waals surface area (Å²) < 4.78 is 0. The van der Waals surface area contributed by atoms with Crippen LogP contribution in [-0.2, 0) is 13.0 Å². The minimum Gasteiger partial charge on any atom is -0.330 e. The van der Waals surface area contributed by atoms with Gasteiger partial charge in [-0.15, -0.1) is 11.3 Å². The highest BCUT2D eigenvalue weighted by Crippen LogP contribution is 2.16. The maximum absolute atomic E-state index is 5.53. The van der Waals surface area contributed by atoms with E-state index in [1.54, 1.807) is 11.3 Å². The minimum atomic E-state index is 0.701. The Morgan fingerprint density at radius 2 is 2.00 bits per heavy atom. The summed E-state index contributed by atoms with van der Waals surface area (Å²) in [5.41, 5.74) is 6.69. The molecule has 2 N–H and O–H groups in total. The predicted octanol–water partition coefficient (Wildman–Crippen LogP) is 2.02. The molecule has 0 aromatic carbocycles. The molecule has 0 atom stereocenters. The zero-order chi connectivity index (χ0) is 11.2. The number of aromatic nitrogens is 1. The molecule has 0 radical (unpaired) electrons. The first-order chi connectivity index (χ1) is 7.88. The molecule has 2 heterocycles. The molecule has 1 aromatic rings. The largest absolute Gasteiger partial charge is 0.330 e. The van der Waals surface area contributed by atoms with Crippen LogP contribution in [0.1, 0.15) is 36.4 Å². The van der Waals surface area contributed by atoms with E-state index in [4.69, 9.17) is 5.73 Å². The molecular weight excluding hydrogens is 218 g/mol. The quantitative estimate of drug-likeness (QED) is 0.874. The second-order valence-electron chi connectivity index (χ2n) is 4.46. The van der Waals surface area contributed by atoms with E-state index >= 15 is 0 Å². The lowest BCUT2D eigenvalue weighted by atomic mass is 10.2. The molecule has 1 aliphatic rings. The summed E-state index contributed by atoms with van der Waals surface area (Å²) in [7, 11) is 0. The van der Waals surface area contributed by atoms with Crippen LogP contribution in [-0.4, -0.2) is 29.5 Å². The van der Waals surface area contributed by atoms with Crippen molar-refractivity contribution in [2.24, 2.45) is 5.73 Å². The second-order valence-corrected chi connectivity index (χ2v) is 5.40. The van der Waals surface area contributed by atoms with E-state index < -0.39 is 0 Å². The molecule has 2 rings (SSSR count). The molecular formula is C12H21N3S. The standard InChI is InChI=1S/C12H21N3S/c13-6-5-11-10-16-12(14-11)9-15-7-3-1-2-4-8-15/h10H,1-9,13H2. The molecule has 90 valence electrons. The van der Waals surface area contributed by atoms with Gasteiger partial charge in [0.15, 0.2) is 0 Å². The van der Waals surface area contributed by atoms with Crippen molar-refractivity contribution in [1.29, 1.82) is 0 Å². The Kier molecular flexibility index (Phi) is 4.75. The highest BCUT2D eigenvalue weighted by Gasteiger charge is 2.11. The fourth-order valence-corrected chi connectivity index (χ4v) is 3.04. The summed E-state index contributed by atoms with van der Waals surface area (Å²) >= 11 is 1.78. The van der Waals surface area contributed by atoms with Crippen LogP contribution >= 0.6 is 11.3 Å². The predicted molar refractivity (Wildman–Crippen MR) is 68.6 cm³/mol. The van der Waals surface area contributed by atoms with Crippen LogP contribution in [0.2, 0.25) is 0 Å². The zero-order valence-corrected chi connectivity index (χ0v) is 10.6. The van der Waals surface area contributed by atoms with Crippen LogP contribution in [0.5, 0.6) is 0 Å². The number of likely N-dealkylation sites (tertiary alicyclic amines) is 1. The van der Waals surface area contributed by atoms with E-state index in [1.807, 2.05) is 0 Å². The summed E-state index contributed by atoms with van der Waals surface area (Å²) in [5.74, 6) is 0. The molecule has 4 heteroatoms. The van der Waals surface area contributed by atoms with E-state index in [2.05, 4.69) is 15.3 Å². The second kappa shape index (κ2) is 6.33. The first-order valence-electron chi connectivity index (χ1n) is 6.24. The first kappa shape index (κ1) is 12.0. The summed E-state index contributed by atoms with van der Waals surface area (Å²) in [4.78, 5) is 7.16. The number of hydrogen-bond donors (Lipinski definition) is 1. The number of thiazole rings is 1. The van der Waals surface area contributed by atoms with Gasteiger partial charge in [-0.1, -0.05) is 12.8 Å². The Labute approximate surface area is 102 Å². The maximum atomic E-state index is 5.53. The van der Waals surface area contributed by atoms with Gasteiger partial charge in [0.2, 0.25) is 0 Å². The Hall–Kier alpha value is -0.450. The van der Waals surface area contributed by atoms with Gasteiger partial charge in [0.1, 0.15) is 5.01 Å². The van der Waals surface area contributed by atoms with Gasteiger partial charge in [-0.2, -0.15) is 0 Å². The molecule has 0 saturated carbocycles. The molecule has 0 spiro atoms. The SMILES string of the molecule is NCCc1csc(CN2CCCCCC2)n1.